The lowest BCUT2D eigenvalue weighted by Crippen LogP contribution is -2.61. The molecule has 0 amide bonds. The molecule has 16 rings (SSSR count). The third-order valence-corrected chi connectivity index (χ3v) is 21.2. The van der Waals surface area contributed by atoms with Crippen LogP contribution in [0.15, 0.2) is 278 Å². The van der Waals surface area contributed by atoms with Crippen LogP contribution in [0.25, 0.3) is 21.9 Å². The molecule has 81 heavy (non-hydrogen) atoms. The standard InChI is InChI=1S/C72H63B2N4OS2/c1-7-24-48(25-8-1)75(49-26-9-2-10-27-49)53-42-63-72-64(43-53)78(61-39-23-41-66-70(61)56-36-19-22-40-65(56)79-66)62-47-67-57(46-59(62)74(72)58-37-20-21-38-60(58)77(63)52-32-15-5-16-33-52)73-71-68(80-55-34-17-6-18-35-55)44-54(45-69(71)81-67)76(50-28-11-3-12-29-50)51-30-13-4-14-31-51/h1-7,9,11-17,19-24,28-34,36-41,44,46-47,49,53,57,63,67,69H,8,10,18,25-27,35,42-43,45H2. The van der Waals surface area contributed by atoms with E-state index in [4.69, 9.17) is 4.42 Å². The van der Waals surface area contributed by atoms with Crippen LogP contribution in [0.5, 0.6) is 0 Å². The highest BCUT2D eigenvalue weighted by Gasteiger charge is 2.54. The average molecular weight is 1090 g/mol. The number of hydrogen-bond donors (Lipinski definition) is 0. The van der Waals surface area contributed by atoms with E-state index in [1.54, 1.807) is 5.47 Å². The van der Waals surface area contributed by atoms with Crippen molar-refractivity contribution in [1.29, 1.82) is 0 Å². The predicted octanol–water partition coefficient (Wildman–Crippen LogP) is 17.6. The van der Waals surface area contributed by atoms with Gasteiger partial charge >= 0.3 is 0 Å². The number of furan rings is 1. The summed E-state index contributed by atoms with van der Waals surface area (Å²) in [4.78, 5) is 13.9. The first-order valence-electron chi connectivity index (χ1n) is 29.7. The van der Waals surface area contributed by atoms with Gasteiger partial charge in [-0.05, 0) is 157 Å². The van der Waals surface area contributed by atoms with E-state index in [9.17, 15) is 0 Å². The Hall–Kier alpha value is -7.45. The average Bonchev–Trinajstić information content (AvgIpc) is 3.56. The monoisotopic (exact) mass is 1090 g/mol. The second-order valence-electron chi connectivity index (χ2n) is 23.1. The Kier molecular flexibility index (Phi) is 12.7. The zero-order valence-electron chi connectivity index (χ0n) is 45.6. The maximum Gasteiger partial charge on any atom is 0.246 e. The van der Waals surface area contributed by atoms with Gasteiger partial charge in [0.1, 0.15) is 11.2 Å². The fourth-order valence-electron chi connectivity index (χ4n) is 15.1. The number of rotatable bonds is 10. The Bertz CT molecular complexity index is 3920. The second-order valence-corrected chi connectivity index (χ2v) is 25.7. The first-order valence-corrected chi connectivity index (χ1v) is 31.4. The number of thioether (sulfide) groups is 2. The molecule has 0 saturated carbocycles. The lowest BCUT2D eigenvalue weighted by Gasteiger charge is -2.56. The molecule has 4 heterocycles. The summed E-state index contributed by atoms with van der Waals surface area (Å²) < 4.78 is 6.83. The van der Waals surface area contributed by atoms with Gasteiger partial charge in [-0.3, -0.25) is 0 Å². The van der Waals surface area contributed by atoms with E-state index in [-0.39, 0.29) is 35.1 Å². The minimum absolute atomic E-state index is 0.0926. The molecule has 1 saturated heterocycles. The lowest BCUT2D eigenvalue weighted by molar-refractivity contribution is 0.148. The maximum atomic E-state index is 6.83. The van der Waals surface area contributed by atoms with E-state index < -0.39 is 0 Å². The summed E-state index contributed by atoms with van der Waals surface area (Å²) in [6.07, 6.45) is 37.6. The van der Waals surface area contributed by atoms with Crippen molar-refractivity contribution in [2.45, 2.75) is 98.7 Å². The van der Waals surface area contributed by atoms with Crippen molar-refractivity contribution >= 4 is 93.4 Å². The number of para-hydroxylation sites is 5. The lowest BCUT2D eigenvalue weighted by atomic mass is 9.29. The highest BCUT2D eigenvalue weighted by molar-refractivity contribution is 8.07. The molecule has 6 aliphatic carbocycles. The van der Waals surface area contributed by atoms with Crippen LogP contribution in [-0.2, 0) is 0 Å². The maximum absolute atomic E-state index is 6.83. The molecular weight excluding hydrogens is 1020 g/mol. The molecule has 9 heteroatoms. The van der Waals surface area contributed by atoms with Gasteiger partial charge in [0.25, 0.3) is 0 Å². The van der Waals surface area contributed by atoms with E-state index in [2.05, 4.69) is 263 Å². The molecule has 3 aliphatic heterocycles. The zero-order valence-corrected chi connectivity index (χ0v) is 47.2. The number of hydrogen-bond acceptors (Lipinski definition) is 7. The summed E-state index contributed by atoms with van der Waals surface area (Å²) in [5.41, 5.74) is 19.6. The van der Waals surface area contributed by atoms with Crippen molar-refractivity contribution in [1.82, 2.24) is 4.90 Å². The smallest absolute Gasteiger partial charge is 0.246 e. The van der Waals surface area contributed by atoms with Crippen molar-refractivity contribution in [2.24, 2.45) is 0 Å². The third kappa shape index (κ3) is 8.63. The van der Waals surface area contributed by atoms with Crippen LogP contribution >= 0.6 is 23.5 Å². The molecule has 0 N–H and O–H groups in total. The van der Waals surface area contributed by atoms with E-state index in [0.717, 1.165) is 69.0 Å². The molecule has 7 aromatic rings. The van der Waals surface area contributed by atoms with Gasteiger partial charge < -0.3 is 24.0 Å². The Morgan fingerprint density at radius 3 is 2.17 bits per heavy atom. The molecule has 1 fully saturated rings. The quantitative estimate of drug-likeness (QED) is 0.0995. The van der Waals surface area contributed by atoms with Crippen LogP contribution in [0.2, 0.25) is 5.82 Å². The Morgan fingerprint density at radius 1 is 0.654 bits per heavy atom. The van der Waals surface area contributed by atoms with Gasteiger partial charge in [0.15, 0.2) is 7.28 Å². The van der Waals surface area contributed by atoms with Gasteiger partial charge in [-0.2, -0.15) is 0 Å². The van der Waals surface area contributed by atoms with Crippen LogP contribution in [0.4, 0.5) is 28.4 Å². The largest absolute Gasteiger partial charge is 0.456 e. The zero-order chi connectivity index (χ0) is 53.4. The van der Waals surface area contributed by atoms with Gasteiger partial charge in [0, 0.05) is 91.3 Å². The first kappa shape index (κ1) is 49.4. The number of allylic oxidation sites excluding steroid dienone is 13. The number of anilines is 5. The van der Waals surface area contributed by atoms with E-state index in [1.807, 2.05) is 11.8 Å². The van der Waals surface area contributed by atoms with Crippen LogP contribution in [0.1, 0.15) is 64.2 Å². The number of nitrogens with zero attached hydrogens (tertiary/aromatic N) is 4. The first-order chi connectivity index (χ1) is 40.2. The molecule has 1 aromatic heterocycles. The second kappa shape index (κ2) is 20.8. The Morgan fingerprint density at radius 2 is 1.40 bits per heavy atom. The van der Waals surface area contributed by atoms with Crippen molar-refractivity contribution in [3.8, 4) is 0 Å². The summed E-state index contributed by atoms with van der Waals surface area (Å²) >= 11 is 4.20. The van der Waals surface area contributed by atoms with Crippen molar-refractivity contribution in [3.05, 3.63) is 274 Å². The molecule has 6 aromatic carbocycles. The third-order valence-electron chi connectivity index (χ3n) is 18.5. The van der Waals surface area contributed by atoms with Crippen LogP contribution < -0.4 is 20.2 Å². The van der Waals surface area contributed by atoms with Crippen molar-refractivity contribution in [2.75, 3.05) is 14.7 Å². The highest BCUT2D eigenvalue weighted by atomic mass is 32.2. The van der Waals surface area contributed by atoms with Gasteiger partial charge in [-0.25, -0.2) is 0 Å². The van der Waals surface area contributed by atoms with Crippen molar-refractivity contribution < 1.29 is 4.42 Å². The van der Waals surface area contributed by atoms with Gasteiger partial charge in [-0.1, -0.05) is 163 Å². The summed E-state index contributed by atoms with van der Waals surface area (Å²) in [6.45, 7) is 0.0926. The van der Waals surface area contributed by atoms with Crippen LogP contribution in [0.3, 0.4) is 0 Å². The molecule has 0 spiro atoms. The van der Waals surface area contributed by atoms with Crippen LogP contribution in [0, 0.1) is 0 Å². The Balaban J connectivity index is 0.911. The molecular formula is C72H63B2N4OS2. The van der Waals surface area contributed by atoms with Gasteiger partial charge in [-0.15, -0.1) is 11.8 Å². The van der Waals surface area contributed by atoms with Gasteiger partial charge in [0.05, 0.1) is 17.1 Å². The summed E-state index contributed by atoms with van der Waals surface area (Å²) in [7, 11) is 2.72. The Labute approximate surface area is 486 Å². The normalized spacial score (nSPS) is 24.4. The molecule has 5 nitrogen and oxygen atoms in total. The highest BCUT2D eigenvalue weighted by Crippen LogP contribution is 2.58. The number of fused-ring (bicyclic) bond motifs is 9. The molecule has 1 radical (unpaired) electrons. The molecule has 395 valence electrons. The van der Waals surface area contributed by atoms with E-state index in [0.29, 0.717) is 6.04 Å². The summed E-state index contributed by atoms with van der Waals surface area (Å²) in [6, 6.07) is 59.2. The predicted molar refractivity (Wildman–Crippen MR) is 345 cm³/mol. The fourth-order valence-corrected chi connectivity index (χ4v) is 17.9. The topological polar surface area (TPSA) is 26.1 Å². The van der Waals surface area contributed by atoms with E-state index in [1.165, 1.54) is 94.6 Å². The minimum atomic E-state index is 0.0926. The molecule has 9 aliphatic rings. The summed E-state index contributed by atoms with van der Waals surface area (Å²) in [5.74, 6) is 0.204. The summed E-state index contributed by atoms with van der Waals surface area (Å²) in [5, 5.41) is 2.83. The fraction of sp³-hybridized carbons (Fsp3) is 0.222. The van der Waals surface area contributed by atoms with E-state index >= 15 is 0 Å². The SMILES string of the molecule is [B]1C2=C(SC3=CC=CCC3)C=C(N(c3ccccc3)c3ccccc3)CC2SC2C=C3C(=CC12)B1C2=C(CC(N(C4=CC=CCC4)C4CC=CCC4)CC2N(c2ccccc2)c2ccccc21)N3c1cccc2oc3ccccc3c12. The van der Waals surface area contributed by atoms with Crippen LogP contribution in [-0.4, -0.2) is 47.5 Å². The molecule has 0 bridgehead atoms. The van der Waals surface area contributed by atoms with Gasteiger partial charge in [0.2, 0.25) is 6.71 Å². The van der Waals surface area contributed by atoms with Crippen molar-refractivity contribution in [3.63, 3.8) is 0 Å². The molecule has 6 unspecified atom stereocenters. The molecule has 6 atom stereocenters. The minimum Gasteiger partial charge on any atom is -0.456 e. The number of benzene rings is 6.